The highest BCUT2D eigenvalue weighted by Crippen LogP contribution is 2.35. The SMILES string of the molecule is OC1CCC(C2CCOCC2)CC1.Oc1ccc(C2CCOCC2)cc1. The van der Waals surface area contributed by atoms with E-state index in [1.165, 1.54) is 31.2 Å². The fourth-order valence-electron chi connectivity index (χ4n) is 4.54. The molecule has 146 valence electrons. The van der Waals surface area contributed by atoms with Crippen LogP contribution in [0.5, 0.6) is 5.75 Å². The minimum absolute atomic E-state index is 0.00362. The Morgan fingerprint density at radius 3 is 1.73 bits per heavy atom. The van der Waals surface area contributed by atoms with Gasteiger partial charge in [-0.3, -0.25) is 0 Å². The Hall–Kier alpha value is -1.10. The summed E-state index contributed by atoms with van der Waals surface area (Å²) in [6.45, 7) is 3.66. The highest BCUT2D eigenvalue weighted by Gasteiger charge is 2.27. The molecule has 0 radical (unpaired) electrons. The summed E-state index contributed by atoms with van der Waals surface area (Å²) < 4.78 is 10.7. The van der Waals surface area contributed by atoms with Gasteiger partial charge in [-0.25, -0.2) is 0 Å². The number of phenols is 1. The first-order valence-electron chi connectivity index (χ1n) is 10.3. The number of rotatable bonds is 2. The van der Waals surface area contributed by atoms with Gasteiger partial charge in [0.2, 0.25) is 0 Å². The standard InChI is InChI=1S/C11H20O2.C11H14O2/c2*12-11-3-1-9(2-4-11)10-5-7-13-8-6-10/h9-12H,1-8H2;1-4,10,12H,5-8H2. The van der Waals surface area contributed by atoms with E-state index in [1.54, 1.807) is 12.1 Å². The van der Waals surface area contributed by atoms with Gasteiger partial charge in [0, 0.05) is 26.4 Å². The van der Waals surface area contributed by atoms with Crippen LogP contribution in [0.3, 0.4) is 0 Å². The molecular formula is C22H34O4. The summed E-state index contributed by atoms with van der Waals surface area (Å²) in [5.74, 6) is 2.73. The molecule has 26 heavy (non-hydrogen) atoms. The molecule has 1 aromatic carbocycles. The predicted octanol–water partition coefficient (Wildman–Crippen LogP) is 4.25. The van der Waals surface area contributed by atoms with Crippen molar-refractivity contribution in [3.63, 3.8) is 0 Å². The molecule has 1 aromatic rings. The van der Waals surface area contributed by atoms with E-state index < -0.39 is 0 Å². The Kier molecular flexibility index (Phi) is 7.78. The molecule has 0 unspecified atom stereocenters. The normalized spacial score (nSPS) is 28.2. The molecule has 1 saturated carbocycles. The Labute approximate surface area is 157 Å². The van der Waals surface area contributed by atoms with Crippen molar-refractivity contribution in [3.8, 4) is 5.75 Å². The summed E-state index contributed by atoms with van der Waals surface area (Å²) in [5.41, 5.74) is 1.32. The van der Waals surface area contributed by atoms with Gasteiger partial charge in [0.15, 0.2) is 0 Å². The van der Waals surface area contributed by atoms with Crippen LogP contribution >= 0.6 is 0 Å². The highest BCUT2D eigenvalue weighted by molar-refractivity contribution is 5.28. The molecule has 0 atom stereocenters. The number of benzene rings is 1. The third kappa shape index (κ3) is 5.97. The van der Waals surface area contributed by atoms with Crippen molar-refractivity contribution in [2.75, 3.05) is 26.4 Å². The van der Waals surface area contributed by atoms with Crippen molar-refractivity contribution in [3.05, 3.63) is 29.8 Å². The van der Waals surface area contributed by atoms with Gasteiger partial charge in [-0.2, -0.15) is 0 Å². The van der Waals surface area contributed by atoms with Crippen LogP contribution in [0.1, 0.15) is 62.8 Å². The topological polar surface area (TPSA) is 58.9 Å². The molecule has 3 fully saturated rings. The molecule has 2 N–H and O–H groups in total. The molecule has 4 nitrogen and oxygen atoms in total. The van der Waals surface area contributed by atoms with E-state index in [-0.39, 0.29) is 6.10 Å². The second-order valence-electron chi connectivity index (χ2n) is 8.00. The maximum atomic E-state index is 9.40. The van der Waals surface area contributed by atoms with Gasteiger partial charge in [0.1, 0.15) is 5.75 Å². The first-order valence-corrected chi connectivity index (χ1v) is 10.3. The maximum Gasteiger partial charge on any atom is 0.115 e. The number of ether oxygens (including phenoxy) is 2. The van der Waals surface area contributed by atoms with E-state index in [1.807, 2.05) is 12.1 Å². The van der Waals surface area contributed by atoms with Gasteiger partial charge in [-0.15, -0.1) is 0 Å². The Bertz CT molecular complexity index is 495. The summed E-state index contributed by atoms with van der Waals surface area (Å²) in [6, 6.07) is 7.52. The van der Waals surface area contributed by atoms with Crippen LogP contribution in [0.15, 0.2) is 24.3 Å². The molecule has 4 heteroatoms. The zero-order valence-electron chi connectivity index (χ0n) is 15.8. The van der Waals surface area contributed by atoms with Crippen molar-refractivity contribution in [1.29, 1.82) is 0 Å². The molecule has 2 saturated heterocycles. The third-order valence-corrected chi connectivity index (χ3v) is 6.26. The molecule has 0 amide bonds. The number of aliphatic hydroxyl groups excluding tert-OH is 1. The Morgan fingerprint density at radius 1 is 0.654 bits per heavy atom. The first-order chi connectivity index (χ1) is 12.7. The van der Waals surface area contributed by atoms with E-state index in [2.05, 4.69) is 0 Å². The van der Waals surface area contributed by atoms with Gasteiger partial charge in [0.25, 0.3) is 0 Å². The number of hydrogen-bond donors (Lipinski definition) is 2. The second-order valence-corrected chi connectivity index (χ2v) is 8.00. The van der Waals surface area contributed by atoms with Gasteiger partial charge >= 0.3 is 0 Å². The lowest BCUT2D eigenvalue weighted by atomic mass is 9.76. The summed E-state index contributed by atoms with van der Waals surface area (Å²) in [7, 11) is 0. The van der Waals surface area contributed by atoms with E-state index in [4.69, 9.17) is 14.6 Å². The molecule has 1 aliphatic carbocycles. The summed E-state index contributed by atoms with van der Waals surface area (Å²) in [5, 5.41) is 18.5. The molecule has 2 aliphatic heterocycles. The fraction of sp³-hybridized carbons (Fsp3) is 0.727. The van der Waals surface area contributed by atoms with Crippen molar-refractivity contribution in [2.24, 2.45) is 11.8 Å². The summed E-state index contributed by atoms with van der Waals surface area (Å²) in [6.07, 6.45) is 9.25. The number of aliphatic hydroxyl groups is 1. The molecule has 4 rings (SSSR count). The third-order valence-electron chi connectivity index (χ3n) is 6.26. The predicted molar refractivity (Wildman–Crippen MR) is 102 cm³/mol. The van der Waals surface area contributed by atoms with E-state index in [0.717, 1.165) is 63.9 Å². The lowest BCUT2D eigenvalue weighted by Crippen LogP contribution is -2.28. The smallest absolute Gasteiger partial charge is 0.115 e. The van der Waals surface area contributed by atoms with Gasteiger partial charge in [0.05, 0.1) is 6.10 Å². The zero-order valence-corrected chi connectivity index (χ0v) is 15.8. The first kappa shape index (κ1) is 19.7. The van der Waals surface area contributed by atoms with Gasteiger partial charge in [-0.05, 0) is 86.8 Å². The van der Waals surface area contributed by atoms with Gasteiger partial charge in [-0.1, -0.05) is 12.1 Å². The van der Waals surface area contributed by atoms with Crippen LogP contribution in [0.2, 0.25) is 0 Å². The van der Waals surface area contributed by atoms with Crippen LogP contribution in [-0.4, -0.2) is 42.7 Å². The van der Waals surface area contributed by atoms with E-state index in [9.17, 15) is 5.11 Å². The quantitative estimate of drug-likeness (QED) is 0.826. The lowest BCUT2D eigenvalue weighted by molar-refractivity contribution is 0.0237. The van der Waals surface area contributed by atoms with Crippen LogP contribution in [0, 0.1) is 11.8 Å². The number of hydrogen-bond acceptors (Lipinski definition) is 4. The monoisotopic (exact) mass is 362 g/mol. The lowest BCUT2D eigenvalue weighted by Gasteiger charge is -2.34. The largest absolute Gasteiger partial charge is 0.508 e. The van der Waals surface area contributed by atoms with Crippen LogP contribution < -0.4 is 0 Å². The van der Waals surface area contributed by atoms with Crippen LogP contribution in [0.4, 0.5) is 0 Å². The molecule has 3 aliphatic rings. The van der Waals surface area contributed by atoms with Crippen molar-refractivity contribution < 1.29 is 19.7 Å². The Balaban J connectivity index is 0.000000151. The average molecular weight is 363 g/mol. The van der Waals surface area contributed by atoms with E-state index in [0.29, 0.717) is 11.7 Å². The minimum atomic E-state index is -0.00362. The van der Waals surface area contributed by atoms with Crippen molar-refractivity contribution in [2.45, 2.75) is 63.4 Å². The van der Waals surface area contributed by atoms with Crippen molar-refractivity contribution >= 4 is 0 Å². The van der Waals surface area contributed by atoms with E-state index >= 15 is 0 Å². The Morgan fingerprint density at radius 2 is 1.15 bits per heavy atom. The molecule has 0 bridgehead atoms. The number of aromatic hydroxyl groups is 1. The minimum Gasteiger partial charge on any atom is -0.508 e. The zero-order chi connectivity index (χ0) is 18.2. The number of phenolic OH excluding ortho intramolecular Hbond substituents is 1. The fourth-order valence-corrected chi connectivity index (χ4v) is 4.54. The van der Waals surface area contributed by atoms with Crippen LogP contribution in [-0.2, 0) is 9.47 Å². The van der Waals surface area contributed by atoms with Gasteiger partial charge < -0.3 is 19.7 Å². The molecule has 2 heterocycles. The molecule has 0 aromatic heterocycles. The summed E-state index contributed by atoms with van der Waals surface area (Å²) >= 11 is 0. The van der Waals surface area contributed by atoms with Crippen LogP contribution in [0.25, 0.3) is 0 Å². The van der Waals surface area contributed by atoms with Crippen molar-refractivity contribution in [1.82, 2.24) is 0 Å². The molecular weight excluding hydrogens is 328 g/mol. The maximum absolute atomic E-state index is 9.40. The average Bonchev–Trinajstić information content (AvgIpc) is 2.71. The second kappa shape index (κ2) is 10.3. The summed E-state index contributed by atoms with van der Waals surface area (Å²) in [4.78, 5) is 0. The highest BCUT2D eigenvalue weighted by atomic mass is 16.5. The molecule has 0 spiro atoms.